The average Bonchev–Trinajstić information content (AvgIpc) is 3.95. The van der Waals surface area contributed by atoms with Gasteiger partial charge in [0, 0.05) is 189 Å². The summed E-state index contributed by atoms with van der Waals surface area (Å²) in [7, 11) is 20.0. The third-order valence-corrected chi connectivity index (χ3v) is 34.6. The second kappa shape index (κ2) is 31.7. The summed E-state index contributed by atoms with van der Waals surface area (Å²) >= 11 is 15.7. The number of pyridine rings is 2. The molecule has 4 N–H and O–H groups in total. The van der Waals surface area contributed by atoms with E-state index in [0.717, 1.165) is 112 Å². The van der Waals surface area contributed by atoms with Crippen molar-refractivity contribution >= 4 is 188 Å². The average molecular weight is 1370 g/mol. The molecule has 0 amide bonds. The Morgan fingerprint density at radius 1 is 0.585 bits per heavy atom. The summed E-state index contributed by atoms with van der Waals surface area (Å²) in [5, 5.41) is 30.2. The zero-order valence-electron chi connectivity index (χ0n) is 45.3. The van der Waals surface area contributed by atoms with Gasteiger partial charge in [-0.1, -0.05) is 57.0 Å². The van der Waals surface area contributed by atoms with Gasteiger partial charge in [0.2, 0.25) is 0 Å². The zero-order chi connectivity index (χ0) is 58.5. The van der Waals surface area contributed by atoms with E-state index < -0.39 is 7.12 Å². The van der Waals surface area contributed by atoms with E-state index >= 15 is 0 Å². The zero-order valence-corrected chi connectivity index (χ0v) is 56.7. The molecular formula is C51H56BClN10O6S13. The van der Waals surface area contributed by atoms with Crippen LogP contribution in [0.3, 0.4) is 0 Å². The first kappa shape index (κ1) is 66.8. The van der Waals surface area contributed by atoms with Crippen LogP contribution in [0.5, 0.6) is 11.5 Å². The van der Waals surface area contributed by atoms with Crippen molar-refractivity contribution in [1.82, 2.24) is 50.2 Å². The standard InChI is InChI=1S/C25H25N5O2.C17H15ClN4O2.C8H12BNO2.CH4.S13/c1-12(2)16-7-8-26-11-19(16)24-23-17-10-21(31-6)18(22-13(3)30-32-14(22)4)9-20(17)29-25(23)28-15(5)27-24;1-7-14(8(2)24-22-7)11-5-12-10(6-13(11)23-4)15-16(18)19-9(3)20-17(15)21-12;1-6(2)7-3-4-10-5-8(7)9(11)12;;1-3-5-7-9-11-13-12-10-8-6-4-2/h7-12H,1-6H3,(H,27,28,29);5-6H,1-4H3,(H,19,20,21);3-6,11-12H,1-2H3;1H4;. The second-order valence-electron chi connectivity index (χ2n) is 17.9. The first-order valence-corrected chi connectivity index (χ1v) is 40.4. The van der Waals surface area contributed by atoms with E-state index in [1.807, 2.05) is 86.0 Å². The van der Waals surface area contributed by atoms with Gasteiger partial charge in [-0.2, -0.15) is 0 Å². The van der Waals surface area contributed by atoms with Gasteiger partial charge >= 0.3 is 7.12 Å². The third-order valence-electron chi connectivity index (χ3n) is 12.1. The topological polar surface area (TPSA) is 220 Å². The lowest BCUT2D eigenvalue weighted by Gasteiger charge is -2.13. The molecule has 0 unspecified atom stereocenters. The number of aromatic nitrogens is 10. The molecule has 2 aromatic carbocycles. The molecule has 0 radical (unpaired) electrons. The van der Waals surface area contributed by atoms with Gasteiger partial charge in [-0.15, -0.1) is 0 Å². The van der Waals surface area contributed by atoms with Crippen LogP contribution in [-0.4, -0.2) is 81.6 Å². The highest BCUT2D eigenvalue weighted by Crippen LogP contribution is 2.43. The molecule has 0 saturated heterocycles. The second-order valence-corrected chi connectivity index (χ2v) is 37.7. The molecule has 10 rings (SSSR count). The number of aromatic amines is 2. The summed E-state index contributed by atoms with van der Waals surface area (Å²) in [6.07, 6.45) is 6.87. The van der Waals surface area contributed by atoms with Crippen molar-refractivity contribution in [3.63, 3.8) is 0 Å². The fraction of sp³-hybridized carbons (Fsp3) is 0.294. The van der Waals surface area contributed by atoms with Gasteiger partial charge in [0.15, 0.2) is 0 Å². The highest BCUT2D eigenvalue weighted by molar-refractivity contribution is 8.75. The van der Waals surface area contributed by atoms with E-state index in [1.165, 1.54) is 29.5 Å². The highest BCUT2D eigenvalue weighted by Gasteiger charge is 2.24. The number of ether oxygens (including phenoxy) is 2. The maximum atomic E-state index is 8.97. The van der Waals surface area contributed by atoms with Crippen molar-refractivity contribution in [3.05, 3.63) is 112 Å². The lowest BCUT2D eigenvalue weighted by atomic mass is 9.76. The molecule has 8 heterocycles. The largest absolute Gasteiger partial charge is 0.496 e. The number of benzene rings is 2. The molecule has 0 bridgehead atoms. The summed E-state index contributed by atoms with van der Waals surface area (Å²) in [5.74, 6) is 4.91. The number of aryl methyl sites for hydroxylation is 6. The molecule has 31 heteroatoms. The van der Waals surface area contributed by atoms with Crippen molar-refractivity contribution in [3.8, 4) is 45.0 Å². The quantitative estimate of drug-likeness (QED) is 0.0821. The smallest absolute Gasteiger partial charge is 0.490 e. The minimum Gasteiger partial charge on any atom is -0.496 e. The van der Waals surface area contributed by atoms with E-state index in [-0.39, 0.29) is 13.3 Å². The SMILES string of the molecule is C.CC(C)c1ccncc1B(O)O.COc1cc2c(cc1-c1c(C)noc1C)[nH]c1nc(C)nc(-c3cnccc3C(C)C)c12.COc1cc2c(cc1-c1c(C)noc1C)[nH]c1nc(C)nc(Cl)c12.S=S=S=S=S=S=S=S=S=S=S=S=S. The molecule has 0 saturated carbocycles. The molecule has 0 aliphatic heterocycles. The maximum absolute atomic E-state index is 8.97. The van der Waals surface area contributed by atoms with E-state index in [4.69, 9.17) is 72.5 Å². The fourth-order valence-electron chi connectivity index (χ4n) is 8.85. The molecule has 0 spiro atoms. The normalized spacial score (nSPS) is 10.6. The van der Waals surface area contributed by atoms with Crippen LogP contribution in [0, 0.1) is 41.5 Å². The number of fused-ring (bicyclic) bond motifs is 6. The molecular weight excluding hydrogens is 1310 g/mol. The van der Waals surface area contributed by atoms with Gasteiger partial charge in [0.25, 0.3) is 0 Å². The highest BCUT2D eigenvalue weighted by atomic mass is 35.5. The molecule has 434 valence electrons. The lowest BCUT2D eigenvalue weighted by molar-refractivity contribution is 0.393. The Balaban J connectivity index is 0.000000190. The minimum atomic E-state index is -1.42. The van der Waals surface area contributed by atoms with Crippen molar-refractivity contribution < 1.29 is 28.6 Å². The molecule has 8 aromatic heterocycles. The van der Waals surface area contributed by atoms with E-state index in [1.54, 1.807) is 106 Å². The van der Waals surface area contributed by atoms with Crippen molar-refractivity contribution in [2.24, 2.45) is 0 Å². The Labute approximate surface area is 521 Å². The number of halogens is 1. The number of nitrogens with one attached hydrogen (secondary N) is 2. The summed E-state index contributed by atoms with van der Waals surface area (Å²) < 4.78 is 22.1. The predicted molar refractivity (Wildman–Crippen MR) is 368 cm³/mol. The number of rotatable bonds is 8. The van der Waals surface area contributed by atoms with E-state index in [9.17, 15) is 0 Å². The van der Waals surface area contributed by atoms with Gasteiger partial charge in [-0.05, 0) is 101 Å². The third kappa shape index (κ3) is 16.1. The van der Waals surface area contributed by atoms with Crippen LogP contribution >= 0.6 is 11.6 Å². The van der Waals surface area contributed by atoms with Crippen LogP contribution in [0.1, 0.15) is 92.6 Å². The number of H-pyrrole nitrogens is 2. The van der Waals surface area contributed by atoms with Crippen LogP contribution in [-0.2, 0) is 120 Å². The van der Waals surface area contributed by atoms with Gasteiger partial charge in [0.05, 0.1) is 53.2 Å². The Kier molecular flexibility index (Phi) is 25.8. The summed E-state index contributed by atoms with van der Waals surface area (Å²) in [5.41, 5.74) is 13.2. The minimum absolute atomic E-state index is 0. The number of hydrogen-bond donors (Lipinski definition) is 4. The lowest BCUT2D eigenvalue weighted by Crippen LogP contribution is -2.33. The maximum Gasteiger partial charge on any atom is 0.490 e. The van der Waals surface area contributed by atoms with E-state index in [0.29, 0.717) is 33.8 Å². The first-order valence-electron chi connectivity index (χ1n) is 24.0. The number of methoxy groups -OCH3 is 2. The van der Waals surface area contributed by atoms with Crippen molar-refractivity contribution in [2.75, 3.05) is 14.2 Å². The van der Waals surface area contributed by atoms with Gasteiger partial charge in [-0.25, -0.2) is 19.9 Å². The molecule has 0 fully saturated rings. The molecule has 0 aliphatic rings. The number of hydrogen-bond acceptors (Lipinski definition) is 16. The number of nitrogens with zero attached hydrogens (tertiary/aromatic N) is 8. The molecule has 16 nitrogen and oxygen atoms in total. The van der Waals surface area contributed by atoms with E-state index in [2.05, 4.69) is 66.2 Å². The summed E-state index contributed by atoms with van der Waals surface area (Å²) in [6, 6.07) is 11.9. The van der Waals surface area contributed by atoms with Crippen molar-refractivity contribution in [1.29, 1.82) is 0 Å². The van der Waals surface area contributed by atoms with Gasteiger partial charge < -0.3 is 38.5 Å². The molecule has 0 atom stereocenters. The Morgan fingerprint density at radius 2 is 1.02 bits per heavy atom. The Morgan fingerprint density at radius 3 is 1.45 bits per heavy atom. The first-order chi connectivity index (χ1) is 38.9. The fourth-order valence-corrected chi connectivity index (χ4v) is 33.9. The molecule has 10 aromatic rings. The van der Waals surface area contributed by atoms with Crippen LogP contribution in [0.2, 0.25) is 5.15 Å². The summed E-state index contributed by atoms with van der Waals surface area (Å²) in [4.78, 5) is 33.3. The molecule has 0 aliphatic carbocycles. The van der Waals surface area contributed by atoms with Gasteiger partial charge in [-0.3, -0.25) is 9.97 Å². The van der Waals surface area contributed by atoms with Crippen LogP contribution in [0.25, 0.3) is 77.4 Å². The summed E-state index contributed by atoms with van der Waals surface area (Å²) in [6.45, 7) is 19.7. The van der Waals surface area contributed by atoms with Crippen LogP contribution in [0.15, 0.2) is 70.2 Å². The van der Waals surface area contributed by atoms with Crippen LogP contribution in [0.4, 0.5) is 0 Å². The molecule has 82 heavy (non-hydrogen) atoms. The van der Waals surface area contributed by atoms with Crippen LogP contribution < -0.4 is 14.9 Å². The monoisotopic (exact) mass is 1370 g/mol. The van der Waals surface area contributed by atoms with Gasteiger partial charge in [0.1, 0.15) is 51.1 Å². The predicted octanol–water partition coefficient (Wildman–Crippen LogP) is 10.7. The Bertz CT molecular complexity index is 4390. The van der Waals surface area contributed by atoms with Crippen molar-refractivity contribution in [2.45, 2.75) is 88.5 Å². The Hall–Kier alpha value is -4.35.